The molecule has 92 valence electrons. The van der Waals surface area contributed by atoms with Crippen LogP contribution < -0.4 is 5.73 Å². The Kier molecular flexibility index (Phi) is 2.92. The zero-order chi connectivity index (χ0) is 12.5. The monoisotopic (exact) mass is 237 g/mol. The predicted octanol–water partition coefficient (Wildman–Crippen LogP) is 3.40. The van der Waals surface area contributed by atoms with Gasteiger partial charge in [-0.05, 0) is 47.1 Å². The van der Waals surface area contributed by atoms with E-state index in [1.165, 1.54) is 27.8 Å². The molecule has 0 spiro atoms. The van der Waals surface area contributed by atoms with Crippen molar-refractivity contribution in [2.24, 2.45) is 5.73 Å². The molecule has 0 bridgehead atoms. The molecule has 18 heavy (non-hydrogen) atoms. The zero-order valence-corrected chi connectivity index (χ0v) is 10.8. The molecule has 0 aliphatic heterocycles. The van der Waals surface area contributed by atoms with E-state index < -0.39 is 0 Å². The van der Waals surface area contributed by atoms with Gasteiger partial charge in [0.15, 0.2) is 0 Å². The first-order valence-corrected chi connectivity index (χ1v) is 6.74. The van der Waals surface area contributed by atoms with E-state index in [1.54, 1.807) is 0 Å². The maximum absolute atomic E-state index is 6.48. The van der Waals surface area contributed by atoms with Gasteiger partial charge in [-0.15, -0.1) is 0 Å². The molecule has 0 saturated heterocycles. The number of aryl methyl sites for hydroxylation is 3. The SMILES string of the molecule is CCc1ccc2c(c1)C(N)c1ccccc1CC2. The minimum atomic E-state index is 0.0326. The van der Waals surface area contributed by atoms with E-state index in [0.29, 0.717) is 0 Å². The lowest BCUT2D eigenvalue weighted by Gasteiger charge is -2.16. The van der Waals surface area contributed by atoms with Crippen LogP contribution in [0.3, 0.4) is 0 Å². The maximum Gasteiger partial charge on any atom is 0.0557 e. The topological polar surface area (TPSA) is 26.0 Å². The third-order valence-corrected chi connectivity index (χ3v) is 4.01. The molecule has 0 saturated carbocycles. The maximum atomic E-state index is 6.48. The molecule has 3 rings (SSSR count). The van der Waals surface area contributed by atoms with E-state index >= 15 is 0 Å². The summed E-state index contributed by atoms with van der Waals surface area (Å²) in [6, 6.07) is 15.4. The van der Waals surface area contributed by atoms with Gasteiger partial charge in [0.1, 0.15) is 0 Å². The second-order valence-electron chi connectivity index (χ2n) is 5.06. The lowest BCUT2D eigenvalue weighted by atomic mass is 9.93. The molecule has 0 aromatic heterocycles. The van der Waals surface area contributed by atoms with Crippen molar-refractivity contribution in [2.45, 2.75) is 32.2 Å². The first kappa shape index (κ1) is 11.5. The number of fused-ring (bicyclic) bond motifs is 2. The van der Waals surface area contributed by atoms with Gasteiger partial charge in [-0.2, -0.15) is 0 Å². The van der Waals surface area contributed by atoms with E-state index in [2.05, 4.69) is 49.4 Å². The molecule has 0 heterocycles. The molecule has 2 aromatic carbocycles. The minimum Gasteiger partial charge on any atom is -0.320 e. The molecule has 2 aromatic rings. The van der Waals surface area contributed by atoms with Crippen LogP contribution in [0.1, 0.15) is 40.8 Å². The Morgan fingerprint density at radius 1 is 1.00 bits per heavy atom. The molecule has 0 fully saturated rings. The molecule has 0 amide bonds. The fraction of sp³-hybridized carbons (Fsp3) is 0.294. The van der Waals surface area contributed by atoms with Crippen molar-refractivity contribution in [2.75, 3.05) is 0 Å². The Bertz CT molecular complexity index is 572. The number of hydrogen-bond donors (Lipinski definition) is 1. The molecule has 1 unspecified atom stereocenters. The Hall–Kier alpha value is -1.60. The van der Waals surface area contributed by atoms with Crippen LogP contribution in [0.5, 0.6) is 0 Å². The van der Waals surface area contributed by atoms with Crippen LogP contribution >= 0.6 is 0 Å². The highest BCUT2D eigenvalue weighted by Crippen LogP contribution is 2.31. The van der Waals surface area contributed by atoms with Gasteiger partial charge < -0.3 is 5.73 Å². The molecule has 2 N–H and O–H groups in total. The molecule has 1 heteroatoms. The van der Waals surface area contributed by atoms with E-state index in [-0.39, 0.29) is 6.04 Å². The summed E-state index contributed by atoms with van der Waals surface area (Å²) in [6.07, 6.45) is 3.27. The molecule has 1 atom stereocenters. The molecular weight excluding hydrogens is 218 g/mol. The van der Waals surface area contributed by atoms with Crippen molar-refractivity contribution in [3.8, 4) is 0 Å². The van der Waals surface area contributed by atoms with E-state index in [1.807, 2.05) is 0 Å². The van der Waals surface area contributed by atoms with E-state index in [0.717, 1.165) is 19.3 Å². The van der Waals surface area contributed by atoms with Gasteiger partial charge in [0.2, 0.25) is 0 Å². The zero-order valence-electron chi connectivity index (χ0n) is 10.8. The van der Waals surface area contributed by atoms with Crippen molar-refractivity contribution >= 4 is 0 Å². The molecular formula is C17H19N. The minimum absolute atomic E-state index is 0.0326. The molecule has 1 aliphatic rings. The first-order chi connectivity index (χ1) is 8.79. The van der Waals surface area contributed by atoms with Gasteiger partial charge >= 0.3 is 0 Å². The predicted molar refractivity (Wildman–Crippen MR) is 75.7 cm³/mol. The normalized spacial score (nSPS) is 17.8. The summed E-state index contributed by atoms with van der Waals surface area (Å²) in [6.45, 7) is 2.19. The smallest absolute Gasteiger partial charge is 0.0557 e. The Morgan fingerprint density at radius 3 is 2.50 bits per heavy atom. The van der Waals surface area contributed by atoms with Crippen LogP contribution in [-0.4, -0.2) is 0 Å². The van der Waals surface area contributed by atoms with Gasteiger partial charge in [-0.1, -0.05) is 49.4 Å². The molecule has 1 nitrogen and oxygen atoms in total. The number of benzene rings is 2. The van der Waals surface area contributed by atoms with Crippen LogP contribution in [-0.2, 0) is 19.3 Å². The second-order valence-corrected chi connectivity index (χ2v) is 5.06. The summed E-state index contributed by atoms with van der Waals surface area (Å²) in [4.78, 5) is 0. The lowest BCUT2D eigenvalue weighted by Crippen LogP contribution is -2.13. The van der Waals surface area contributed by atoms with Gasteiger partial charge in [-0.25, -0.2) is 0 Å². The third-order valence-electron chi connectivity index (χ3n) is 4.01. The summed E-state index contributed by atoms with van der Waals surface area (Å²) in [5, 5.41) is 0. The highest BCUT2D eigenvalue weighted by Gasteiger charge is 2.20. The summed E-state index contributed by atoms with van der Waals surface area (Å²) in [5.74, 6) is 0. The van der Waals surface area contributed by atoms with Crippen molar-refractivity contribution in [1.29, 1.82) is 0 Å². The summed E-state index contributed by atoms with van der Waals surface area (Å²) in [7, 11) is 0. The Morgan fingerprint density at radius 2 is 1.72 bits per heavy atom. The van der Waals surface area contributed by atoms with Crippen LogP contribution in [0, 0.1) is 0 Å². The van der Waals surface area contributed by atoms with Gasteiger partial charge in [0, 0.05) is 0 Å². The Labute approximate surface area is 109 Å². The quantitative estimate of drug-likeness (QED) is 0.808. The molecule has 1 aliphatic carbocycles. The largest absolute Gasteiger partial charge is 0.320 e. The summed E-state index contributed by atoms with van der Waals surface area (Å²) >= 11 is 0. The van der Waals surface area contributed by atoms with Crippen molar-refractivity contribution in [3.63, 3.8) is 0 Å². The van der Waals surface area contributed by atoms with E-state index in [4.69, 9.17) is 5.73 Å². The lowest BCUT2D eigenvalue weighted by molar-refractivity contribution is 0.859. The van der Waals surface area contributed by atoms with Gasteiger partial charge in [-0.3, -0.25) is 0 Å². The van der Waals surface area contributed by atoms with Crippen molar-refractivity contribution < 1.29 is 0 Å². The summed E-state index contributed by atoms with van der Waals surface area (Å²) in [5.41, 5.74) is 13.3. The molecule has 0 radical (unpaired) electrons. The highest BCUT2D eigenvalue weighted by molar-refractivity contribution is 5.45. The number of rotatable bonds is 1. The van der Waals surface area contributed by atoms with Gasteiger partial charge in [0.05, 0.1) is 6.04 Å². The Balaban J connectivity index is 2.14. The van der Waals surface area contributed by atoms with Gasteiger partial charge in [0.25, 0.3) is 0 Å². The van der Waals surface area contributed by atoms with Crippen molar-refractivity contribution in [1.82, 2.24) is 0 Å². The van der Waals surface area contributed by atoms with Crippen LogP contribution in [0.4, 0.5) is 0 Å². The average Bonchev–Trinajstić information content (AvgIpc) is 2.57. The fourth-order valence-corrected chi connectivity index (χ4v) is 2.88. The van der Waals surface area contributed by atoms with Crippen LogP contribution in [0.25, 0.3) is 0 Å². The summed E-state index contributed by atoms with van der Waals surface area (Å²) < 4.78 is 0. The first-order valence-electron chi connectivity index (χ1n) is 6.74. The van der Waals surface area contributed by atoms with E-state index in [9.17, 15) is 0 Å². The van der Waals surface area contributed by atoms with Crippen LogP contribution in [0.15, 0.2) is 42.5 Å². The van der Waals surface area contributed by atoms with Crippen LogP contribution in [0.2, 0.25) is 0 Å². The van der Waals surface area contributed by atoms with Crippen molar-refractivity contribution in [3.05, 3.63) is 70.3 Å². The standard InChI is InChI=1S/C17H19N/c1-2-12-7-8-14-10-9-13-5-3-4-6-15(13)17(18)16(14)11-12/h3-8,11,17H,2,9-10,18H2,1H3. The average molecular weight is 237 g/mol. The third kappa shape index (κ3) is 1.85. The highest BCUT2D eigenvalue weighted by atomic mass is 14.6. The number of nitrogens with two attached hydrogens (primary N) is 1. The number of hydrogen-bond acceptors (Lipinski definition) is 1. The second kappa shape index (κ2) is 4.58. The fourth-order valence-electron chi connectivity index (χ4n) is 2.88.